The van der Waals surface area contributed by atoms with Gasteiger partial charge in [0.05, 0.1) is 5.56 Å². The van der Waals surface area contributed by atoms with Crippen molar-refractivity contribution >= 4 is 34.7 Å². The molecular weight excluding hydrogens is 400 g/mol. The monoisotopic (exact) mass is 424 g/mol. The van der Waals surface area contributed by atoms with E-state index in [4.69, 9.17) is 9.15 Å². The van der Waals surface area contributed by atoms with Crippen LogP contribution in [0.1, 0.15) is 48.5 Å². The lowest BCUT2D eigenvalue weighted by molar-refractivity contribution is -0.129. The number of benzene rings is 2. The Kier molecular flexibility index (Phi) is 6.38. The molecule has 6 nitrogen and oxygen atoms in total. The number of aromatic nitrogens is 1. The highest BCUT2D eigenvalue weighted by Crippen LogP contribution is 2.27. The lowest BCUT2D eigenvalue weighted by Gasteiger charge is -2.17. The van der Waals surface area contributed by atoms with E-state index in [9.17, 15) is 9.59 Å². The Balaban J connectivity index is 1.39. The molecule has 1 aromatic heterocycles. The molecule has 1 atom stereocenters. The predicted molar refractivity (Wildman–Crippen MR) is 115 cm³/mol. The van der Waals surface area contributed by atoms with Crippen LogP contribution >= 0.6 is 11.8 Å². The number of fused-ring (bicyclic) bond motifs is 1. The van der Waals surface area contributed by atoms with E-state index in [-0.39, 0.29) is 11.9 Å². The van der Waals surface area contributed by atoms with Crippen LogP contribution in [0.3, 0.4) is 0 Å². The molecule has 0 saturated heterocycles. The zero-order valence-electron chi connectivity index (χ0n) is 16.8. The number of nitrogens with zero attached hydrogens (tertiary/aromatic N) is 1. The van der Waals surface area contributed by atoms with Gasteiger partial charge < -0.3 is 14.5 Å². The minimum absolute atomic E-state index is 0.193. The topological polar surface area (TPSA) is 81.4 Å². The molecule has 4 rings (SSSR count). The van der Waals surface area contributed by atoms with Crippen LogP contribution in [-0.2, 0) is 15.3 Å². The van der Waals surface area contributed by atoms with Gasteiger partial charge in [0.25, 0.3) is 11.1 Å². The maximum atomic E-state index is 12.7. The van der Waals surface area contributed by atoms with Crippen molar-refractivity contribution in [2.45, 2.75) is 55.7 Å². The summed E-state index contributed by atoms with van der Waals surface area (Å²) >= 11 is 1.41. The Morgan fingerprint density at radius 1 is 1.17 bits per heavy atom. The quantitative estimate of drug-likeness (QED) is 0.436. The molecule has 30 heavy (non-hydrogen) atoms. The van der Waals surface area contributed by atoms with Crippen molar-refractivity contribution in [2.75, 3.05) is 0 Å². The van der Waals surface area contributed by atoms with Gasteiger partial charge in [0.1, 0.15) is 5.52 Å². The lowest BCUT2D eigenvalue weighted by Crippen LogP contribution is -2.40. The second-order valence-corrected chi connectivity index (χ2v) is 8.36. The van der Waals surface area contributed by atoms with Crippen LogP contribution in [0, 0.1) is 0 Å². The van der Waals surface area contributed by atoms with Gasteiger partial charge in [-0.05, 0) is 43.5 Å². The van der Waals surface area contributed by atoms with Gasteiger partial charge in [0, 0.05) is 11.8 Å². The minimum atomic E-state index is -0.837. The summed E-state index contributed by atoms with van der Waals surface area (Å²) in [6.45, 7) is 1.61. The maximum absolute atomic E-state index is 12.7. The van der Waals surface area contributed by atoms with Crippen LogP contribution in [0.2, 0.25) is 0 Å². The Hall–Kier alpha value is -2.80. The Bertz CT molecular complexity index is 1010. The van der Waals surface area contributed by atoms with E-state index in [1.165, 1.54) is 11.8 Å². The van der Waals surface area contributed by atoms with Gasteiger partial charge in [-0.3, -0.25) is 4.79 Å². The molecule has 1 unspecified atom stereocenters. The summed E-state index contributed by atoms with van der Waals surface area (Å²) in [4.78, 5) is 29.5. The summed E-state index contributed by atoms with van der Waals surface area (Å²) < 4.78 is 11.2. The number of carbonyl (C=O) groups is 2. The molecule has 0 bridgehead atoms. The molecule has 0 radical (unpaired) electrons. The van der Waals surface area contributed by atoms with Crippen molar-refractivity contribution in [1.82, 2.24) is 10.3 Å². The van der Waals surface area contributed by atoms with E-state index < -0.39 is 12.1 Å². The van der Waals surface area contributed by atoms with E-state index in [1.807, 2.05) is 36.4 Å². The molecule has 0 aliphatic heterocycles. The third kappa shape index (κ3) is 4.84. The highest BCUT2D eigenvalue weighted by Gasteiger charge is 2.24. The summed E-state index contributed by atoms with van der Waals surface area (Å²) in [6.07, 6.45) is 3.40. The minimum Gasteiger partial charge on any atom is -0.449 e. The van der Waals surface area contributed by atoms with Crippen molar-refractivity contribution in [3.8, 4) is 0 Å². The van der Waals surface area contributed by atoms with Crippen LogP contribution in [-0.4, -0.2) is 29.0 Å². The van der Waals surface area contributed by atoms with Crippen LogP contribution in [0.4, 0.5) is 0 Å². The van der Waals surface area contributed by atoms with Gasteiger partial charge in [0.15, 0.2) is 11.7 Å². The average molecular weight is 425 g/mol. The number of esters is 1. The summed E-state index contributed by atoms with van der Waals surface area (Å²) in [7, 11) is 0. The van der Waals surface area contributed by atoms with E-state index >= 15 is 0 Å². The van der Waals surface area contributed by atoms with Crippen molar-refractivity contribution in [3.63, 3.8) is 0 Å². The maximum Gasteiger partial charge on any atom is 0.339 e. The highest BCUT2D eigenvalue weighted by atomic mass is 32.2. The van der Waals surface area contributed by atoms with Gasteiger partial charge in [-0.25, -0.2) is 9.78 Å². The number of oxazole rings is 1. The van der Waals surface area contributed by atoms with E-state index in [0.717, 1.165) is 42.3 Å². The second-order valence-electron chi connectivity index (χ2n) is 7.43. The summed E-state index contributed by atoms with van der Waals surface area (Å²) in [5.74, 6) is -0.243. The Morgan fingerprint density at radius 3 is 2.70 bits per heavy atom. The Labute approximate surface area is 179 Å². The van der Waals surface area contributed by atoms with Gasteiger partial charge in [-0.15, -0.1) is 0 Å². The normalized spacial score (nSPS) is 15.2. The van der Waals surface area contributed by atoms with Crippen molar-refractivity contribution in [2.24, 2.45) is 0 Å². The number of hydrogen-bond donors (Lipinski definition) is 1. The number of para-hydroxylation sites is 2. The Morgan fingerprint density at radius 2 is 1.90 bits per heavy atom. The standard InChI is InChI=1S/C23H24N2O4S/c1-15(21(26)24-17-9-3-4-10-17)28-22(27)18-11-5-2-8-16(18)14-30-23-25-19-12-6-7-13-20(19)29-23/h2,5-8,11-13,15,17H,3-4,9-10,14H2,1H3,(H,24,26). The lowest BCUT2D eigenvalue weighted by atomic mass is 10.1. The van der Waals surface area contributed by atoms with Crippen LogP contribution in [0.15, 0.2) is 58.2 Å². The number of thioether (sulfide) groups is 1. The van der Waals surface area contributed by atoms with Gasteiger partial charge in [-0.2, -0.15) is 0 Å². The number of rotatable bonds is 7. The zero-order valence-corrected chi connectivity index (χ0v) is 17.6. The molecule has 0 spiro atoms. The molecule has 1 saturated carbocycles. The van der Waals surface area contributed by atoms with Gasteiger partial charge >= 0.3 is 5.97 Å². The summed E-state index contributed by atoms with van der Waals surface area (Å²) in [5, 5.41) is 3.51. The molecular formula is C23H24N2O4S. The molecule has 1 aliphatic carbocycles. The molecule has 3 aromatic rings. The molecule has 7 heteroatoms. The molecule has 1 amide bonds. The van der Waals surface area contributed by atoms with Crippen molar-refractivity contribution in [1.29, 1.82) is 0 Å². The van der Waals surface area contributed by atoms with E-state index in [0.29, 0.717) is 16.5 Å². The molecule has 1 aliphatic rings. The molecule has 1 heterocycles. The van der Waals surface area contributed by atoms with Gasteiger partial charge in [-0.1, -0.05) is 54.9 Å². The number of nitrogens with one attached hydrogen (secondary N) is 1. The fourth-order valence-electron chi connectivity index (χ4n) is 3.56. The zero-order chi connectivity index (χ0) is 20.9. The number of amides is 1. The third-order valence-corrected chi connectivity index (χ3v) is 6.09. The summed E-state index contributed by atoms with van der Waals surface area (Å²) in [6, 6.07) is 15.0. The van der Waals surface area contributed by atoms with Crippen LogP contribution < -0.4 is 5.32 Å². The molecule has 1 N–H and O–H groups in total. The number of carbonyl (C=O) groups excluding carboxylic acids is 2. The number of hydrogen-bond acceptors (Lipinski definition) is 6. The first-order valence-corrected chi connectivity index (χ1v) is 11.2. The van der Waals surface area contributed by atoms with E-state index in [2.05, 4.69) is 10.3 Å². The molecule has 156 valence electrons. The first-order chi connectivity index (χ1) is 14.6. The van der Waals surface area contributed by atoms with Crippen LogP contribution in [0.5, 0.6) is 0 Å². The largest absolute Gasteiger partial charge is 0.449 e. The third-order valence-electron chi connectivity index (χ3n) is 5.22. The smallest absolute Gasteiger partial charge is 0.339 e. The number of ether oxygens (including phenoxy) is 1. The van der Waals surface area contributed by atoms with Gasteiger partial charge in [0.2, 0.25) is 0 Å². The average Bonchev–Trinajstić information content (AvgIpc) is 3.41. The molecule has 1 fully saturated rings. The van der Waals surface area contributed by atoms with E-state index in [1.54, 1.807) is 19.1 Å². The predicted octanol–water partition coefficient (Wildman–Crippen LogP) is 4.72. The van der Waals surface area contributed by atoms with Crippen LogP contribution in [0.25, 0.3) is 11.1 Å². The molecule has 2 aromatic carbocycles. The fraction of sp³-hybridized carbons (Fsp3) is 0.348. The SMILES string of the molecule is CC(OC(=O)c1ccccc1CSc1nc2ccccc2o1)C(=O)NC1CCCC1. The second kappa shape index (κ2) is 9.34. The summed E-state index contributed by atoms with van der Waals surface area (Å²) in [5.41, 5.74) is 2.78. The fourth-order valence-corrected chi connectivity index (χ4v) is 4.41. The van der Waals surface area contributed by atoms with Crippen molar-refractivity contribution in [3.05, 3.63) is 59.7 Å². The highest BCUT2D eigenvalue weighted by molar-refractivity contribution is 7.98. The first-order valence-electron chi connectivity index (χ1n) is 10.2. The van der Waals surface area contributed by atoms with Crippen molar-refractivity contribution < 1.29 is 18.7 Å². The first kappa shape index (κ1) is 20.5.